The van der Waals surface area contributed by atoms with E-state index < -0.39 is 16.6 Å². The van der Waals surface area contributed by atoms with Gasteiger partial charge in [0.25, 0.3) is 0 Å². The Morgan fingerprint density at radius 1 is 0.658 bits per heavy atom. The van der Waals surface area contributed by atoms with E-state index in [1.807, 2.05) is 0 Å². The van der Waals surface area contributed by atoms with E-state index in [1.165, 1.54) is 0 Å². The number of rotatable bonds is 9. The van der Waals surface area contributed by atoms with Crippen molar-refractivity contribution in [3.05, 3.63) is 0 Å². The van der Waals surface area contributed by atoms with Gasteiger partial charge in [-0.1, -0.05) is 69.2 Å². The topological polar surface area (TPSA) is 55.4 Å². The molecule has 10 atom stereocenters. The van der Waals surface area contributed by atoms with E-state index in [0.717, 1.165) is 6.42 Å². The highest BCUT2D eigenvalue weighted by atomic mass is 28.4. The summed E-state index contributed by atoms with van der Waals surface area (Å²) >= 11 is 0. The third kappa shape index (κ3) is 7.52. The zero-order valence-electron chi connectivity index (χ0n) is 27.6. The monoisotopic (exact) mass is 574 g/mol. The highest BCUT2D eigenvalue weighted by Gasteiger charge is 2.52. The van der Waals surface area contributed by atoms with Crippen LogP contribution in [0.15, 0.2) is 0 Å². The van der Waals surface area contributed by atoms with Gasteiger partial charge in [0.1, 0.15) is 6.10 Å². The molecule has 2 aliphatic rings. The second-order valence-corrected chi connectivity index (χ2v) is 24.6. The molecule has 0 spiro atoms. The summed E-state index contributed by atoms with van der Waals surface area (Å²) in [5, 5.41) is 0.178. The summed E-state index contributed by atoms with van der Waals surface area (Å²) < 4.78 is 40.0. The maximum Gasteiger partial charge on any atom is 0.192 e. The molecule has 38 heavy (non-hydrogen) atoms. The van der Waals surface area contributed by atoms with Crippen LogP contribution in [-0.2, 0) is 27.8 Å². The van der Waals surface area contributed by atoms with Crippen LogP contribution < -0.4 is 0 Å². The third-order valence-corrected chi connectivity index (χ3v) is 19.2. The van der Waals surface area contributed by atoms with Crippen molar-refractivity contribution in [1.82, 2.24) is 0 Å². The van der Waals surface area contributed by atoms with Gasteiger partial charge in [-0.2, -0.15) is 0 Å². The van der Waals surface area contributed by atoms with Crippen molar-refractivity contribution < 1.29 is 27.8 Å². The molecule has 8 heteroatoms. The van der Waals surface area contributed by atoms with Crippen LogP contribution in [0.4, 0.5) is 0 Å². The SMILES string of the molecule is CCC1O[C@@H](OCC2O[C@@H](C)C(C)[C@@H](O[Si](C)(C)C(C)(C)C)[C@H]2O[Si](C)(C)C(C)(C)C)C(C)[C@@H](OC)[C@H]1C. The zero-order valence-corrected chi connectivity index (χ0v) is 29.6. The first-order valence-corrected chi connectivity index (χ1v) is 20.8. The van der Waals surface area contributed by atoms with Gasteiger partial charge < -0.3 is 27.8 Å². The number of hydrogen-bond acceptors (Lipinski definition) is 6. The van der Waals surface area contributed by atoms with Crippen molar-refractivity contribution >= 4 is 16.6 Å². The van der Waals surface area contributed by atoms with Crippen molar-refractivity contribution in [2.75, 3.05) is 13.7 Å². The number of ether oxygens (including phenoxy) is 4. The Labute approximate surface area is 237 Å². The fraction of sp³-hybridized carbons (Fsp3) is 1.00. The molecule has 0 aliphatic carbocycles. The highest BCUT2D eigenvalue weighted by Crippen LogP contribution is 2.44. The second kappa shape index (κ2) is 12.6. The zero-order chi connectivity index (χ0) is 29.4. The normalized spacial score (nSPS) is 37.9. The van der Waals surface area contributed by atoms with Gasteiger partial charge in [0, 0.05) is 24.9 Å². The lowest BCUT2D eigenvalue weighted by Gasteiger charge is -2.52. The maximum absolute atomic E-state index is 7.18. The average Bonchev–Trinajstić information content (AvgIpc) is 2.77. The predicted octanol–water partition coefficient (Wildman–Crippen LogP) is 7.63. The van der Waals surface area contributed by atoms with Crippen LogP contribution in [-0.4, -0.2) is 73.3 Å². The van der Waals surface area contributed by atoms with Gasteiger partial charge in [-0.15, -0.1) is 0 Å². The van der Waals surface area contributed by atoms with Crippen LogP contribution in [0.1, 0.15) is 82.6 Å². The summed E-state index contributed by atoms with van der Waals surface area (Å²) in [6.07, 6.45) is 0.352. The van der Waals surface area contributed by atoms with Crippen LogP contribution >= 0.6 is 0 Å². The van der Waals surface area contributed by atoms with Gasteiger partial charge >= 0.3 is 0 Å². The fourth-order valence-corrected chi connectivity index (χ4v) is 7.99. The highest BCUT2D eigenvalue weighted by molar-refractivity contribution is 6.74. The van der Waals surface area contributed by atoms with Gasteiger partial charge in [0.15, 0.2) is 22.9 Å². The second-order valence-electron chi connectivity index (χ2n) is 15.1. The summed E-state index contributed by atoms with van der Waals surface area (Å²) in [6, 6.07) is 0. The average molecular weight is 575 g/mol. The smallest absolute Gasteiger partial charge is 0.192 e. The standard InChI is InChI=1S/C30H62O6Si2/c1-17-23-20(3)25(31-12)21(4)28(34-23)32-18-24-27(36-38(15,16)30(9,10)11)26(19(2)22(5)33-24)35-37(13,14)29(6,7)8/h19-28H,17-18H2,1-16H3/t19?,20-,21?,22-,23?,24?,25-,26+,27-,28+/m0/s1. The summed E-state index contributed by atoms with van der Waals surface area (Å²) in [7, 11) is -2.39. The van der Waals surface area contributed by atoms with Gasteiger partial charge in [-0.3, -0.25) is 0 Å². The molecule has 2 aliphatic heterocycles. The lowest BCUT2D eigenvalue weighted by atomic mass is 9.84. The van der Waals surface area contributed by atoms with E-state index in [2.05, 4.69) is 102 Å². The molecule has 226 valence electrons. The summed E-state index contributed by atoms with van der Waals surface area (Å²) in [6.45, 7) is 34.5. The van der Waals surface area contributed by atoms with Gasteiger partial charge in [-0.05, 0) is 49.6 Å². The third-order valence-electron chi connectivity index (χ3n) is 10.3. The molecule has 0 N–H and O–H groups in total. The molecule has 2 rings (SSSR count). The Balaban J connectivity index is 2.38. The van der Waals surface area contributed by atoms with Crippen molar-refractivity contribution in [3.8, 4) is 0 Å². The minimum absolute atomic E-state index is 0.0393. The van der Waals surface area contributed by atoms with Gasteiger partial charge in [0.2, 0.25) is 0 Å². The molecule has 0 bridgehead atoms. The molecule has 0 saturated carbocycles. The van der Waals surface area contributed by atoms with E-state index in [0.29, 0.717) is 12.5 Å². The molecule has 2 fully saturated rings. The molecular weight excluding hydrogens is 512 g/mol. The molecule has 0 radical (unpaired) electrons. The lowest BCUT2D eigenvalue weighted by Crippen LogP contribution is -2.63. The first-order chi connectivity index (χ1) is 17.2. The maximum atomic E-state index is 7.18. The van der Waals surface area contributed by atoms with E-state index in [1.54, 1.807) is 7.11 Å². The summed E-state index contributed by atoms with van der Waals surface area (Å²) in [5.74, 6) is 0.656. The Hall–Kier alpha value is 0.194. The molecule has 4 unspecified atom stereocenters. The van der Waals surface area contributed by atoms with E-state index in [9.17, 15) is 0 Å². The van der Waals surface area contributed by atoms with Crippen LogP contribution in [0.3, 0.4) is 0 Å². The minimum Gasteiger partial charge on any atom is -0.411 e. The van der Waals surface area contributed by atoms with Crippen LogP contribution in [0.5, 0.6) is 0 Å². The molecular formula is C30H62O6Si2. The van der Waals surface area contributed by atoms with Crippen molar-refractivity contribution in [2.24, 2.45) is 17.8 Å². The summed E-state index contributed by atoms with van der Waals surface area (Å²) in [4.78, 5) is 0. The van der Waals surface area contributed by atoms with Crippen LogP contribution in [0.25, 0.3) is 0 Å². The van der Waals surface area contributed by atoms with E-state index >= 15 is 0 Å². The Bertz CT molecular complexity index is 746. The summed E-state index contributed by atoms with van der Waals surface area (Å²) in [5.41, 5.74) is 0. The largest absolute Gasteiger partial charge is 0.411 e. The lowest BCUT2D eigenvalue weighted by molar-refractivity contribution is -0.283. The van der Waals surface area contributed by atoms with Crippen molar-refractivity contribution in [3.63, 3.8) is 0 Å². The molecule has 2 heterocycles. The predicted molar refractivity (Wildman–Crippen MR) is 162 cm³/mol. The molecule has 6 nitrogen and oxygen atoms in total. The molecule has 0 amide bonds. The minimum atomic E-state index is -2.12. The van der Waals surface area contributed by atoms with Crippen molar-refractivity contribution in [2.45, 2.75) is 162 Å². The molecule has 0 aromatic carbocycles. The van der Waals surface area contributed by atoms with Gasteiger partial charge in [0.05, 0.1) is 37.1 Å². The molecule has 2 saturated heterocycles. The Kier molecular flexibility index (Phi) is 11.4. The van der Waals surface area contributed by atoms with Gasteiger partial charge in [-0.25, -0.2) is 0 Å². The number of methoxy groups -OCH3 is 1. The van der Waals surface area contributed by atoms with Crippen LogP contribution in [0.2, 0.25) is 36.3 Å². The quantitative estimate of drug-likeness (QED) is 0.264. The Morgan fingerprint density at radius 2 is 1.16 bits per heavy atom. The van der Waals surface area contributed by atoms with Crippen LogP contribution in [0, 0.1) is 17.8 Å². The van der Waals surface area contributed by atoms with E-state index in [-0.39, 0.29) is 64.8 Å². The van der Waals surface area contributed by atoms with Crippen molar-refractivity contribution in [1.29, 1.82) is 0 Å². The molecule has 0 aromatic heterocycles. The number of hydrogen-bond donors (Lipinski definition) is 0. The first kappa shape index (κ1) is 34.4. The van der Waals surface area contributed by atoms with E-state index in [4.69, 9.17) is 27.8 Å². The Morgan fingerprint density at radius 3 is 1.61 bits per heavy atom. The fourth-order valence-electron chi connectivity index (χ4n) is 5.28. The first-order valence-electron chi connectivity index (χ1n) is 15.0. The molecule has 0 aromatic rings.